The Morgan fingerprint density at radius 1 is 1.35 bits per heavy atom. The second-order valence-electron chi connectivity index (χ2n) is 3.76. The molecule has 4 heteroatoms. The number of aliphatic hydroxyl groups is 1. The van der Waals surface area contributed by atoms with Gasteiger partial charge in [-0.1, -0.05) is 18.2 Å². The third kappa shape index (κ3) is 2.47. The van der Waals surface area contributed by atoms with Gasteiger partial charge in [0.05, 0.1) is 19.3 Å². The van der Waals surface area contributed by atoms with Gasteiger partial charge in [0.15, 0.2) is 0 Å². The van der Waals surface area contributed by atoms with E-state index in [-0.39, 0.29) is 0 Å². The highest BCUT2D eigenvalue weighted by Gasteiger charge is 2.23. The standard InChI is InChI=1S/C13H14O4/c1-16-10-6-4-9(5-7-10)12(14)11-3-2-8-17-13(11)15/h3-7,12,14H,2,8H2,1H3. The molecule has 0 aromatic heterocycles. The molecule has 1 aromatic carbocycles. The van der Waals surface area contributed by atoms with Crippen molar-refractivity contribution in [2.75, 3.05) is 13.7 Å². The summed E-state index contributed by atoms with van der Waals surface area (Å²) in [5.41, 5.74) is 0.956. The number of carbonyl (C=O) groups is 1. The molecular formula is C13H14O4. The molecule has 1 N–H and O–H groups in total. The molecule has 1 atom stereocenters. The number of rotatable bonds is 3. The summed E-state index contributed by atoms with van der Waals surface area (Å²) in [5.74, 6) is 0.265. The third-order valence-electron chi connectivity index (χ3n) is 2.68. The van der Waals surface area contributed by atoms with Crippen LogP contribution in [-0.2, 0) is 9.53 Å². The lowest BCUT2D eigenvalue weighted by Crippen LogP contribution is -2.19. The average molecular weight is 234 g/mol. The second-order valence-corrected chi connectivity index (χ2v) is 3.76. The Morgan fingerprint density at radius 2 is 2.06 bits per heavy atom. The Hall–Kier alpha value is -1.81. The zero-order valence-corrected chi connectivity index (χ0v) is 9.55. The van der Waals surface area contributed by atoms with Crippen LogP contribution in [0, 0.1) is 0 Å². The number of cyclic esters (lactones) is 1. The summed E-state index contributed by atoms with van der Waals surface area (Å²) in [7, 11) is 1.58. The summed E-state index contributed by atoms with van der Waals surface area (Å²) < 4.78 is 9.91. The maximum Gasteiger partial charge on any atom is 0.336 e. The normalized spacial score (nSPS) is 17.1. The van der Waals surface area contributed by atoms with E-state index in [0.29, 0.717) is 29.9 Å². The fraction of sp³-hybridized carbons (Fsp3) is 0.308. The fourth-order valence-electron chi connectivity index (χ4n) is 1.72. The number of ether oxygens (including phenoxy) is 2. The monoisotopic (exact) mass is 234 g/mol. The van der Waals surface area contributed by atoms with Crippen molar-refractivity contribution in [1.29, 1.82) is 0 Å². The molecule has 0 radical (unpaired) electrons. The van der Waals surface area contributed by atoms with Gasteiger partial charge >= 0.3 is 5.97 Å². The van der Waals surface area contributed by atoms with E-state index in [2.05, 4.69) is 0 Å². The van der Waals surface area contributed by atoms with Crippen LogP contribution in [0.25, 0.3) is 0 Å². The van der Waals surface area contributed by atoms with Gasteiger partial charge in [0, 0.05) is 6.42 Å². The first-order valence-electron chi connectivity index (χ1n) is 5.41. The molecule has 0 aliphatic carbocycles. The van der Waals surface area contributed by atoms with E-state index in [1.54, 1.807) is 37.5 Å². The Balaban J connectivity index is 2.21. The number of benzene rings is 1. The van der Waals surface area contributed by atoms with Crippen molar-refractivity contribution in [1.82, 2.24) is 0 Å². The van der Waals surface area contributed by atoms with E-state index in [0.717, 1.165) is 0 Å². The minimum Gasteiger partial charge on any atom is -0.497 e. The largest absolute Gasteiger partial charge is 0.497 e. The molecule has 90 valence electrons. The predicted molar refractivity (Wildman–Crippen MR) is 61.6 cm³/mol. The molecule has 0 spiro atoms. The van der Waals surface area contributed by atoms with Gasteiger partial charge < -0.3 is 14.6 Å². The number of esters is 1. The summed E-state index contributed by atoms with van der Waals surface area (Å²) >= 11 is 0. The lowest BCUT2D eigenvalue weighted by molar-refractivity contribution is -0.141. The summed E-state index contributed by atoms with van der Waals surface area (Å²) in [5, 5.41) is 10.1. The van der Waals surface area contributed by atoms with Crippen LogP contribution in [0.15, 0.2) is 35.9 Å². The van der Waals surface area contributed by atoms with Crippen LogP contribution in [-0.4, -0.2) is 24.8 Å². The quantitative estimate of drug-likeness (QED) is 0.807. The predicted octanol–water partition coefficient (Wildman–Crippen LogP) is 1.60. The fourth-order valence-corrected chi connectivity index (χ4v) is 1.72. The van der Waals surface area contributed by atoms with Crippen molar-refractivity contribution in [3.8, 4) is 5.75 Å². The zero-order chi connectivity index (χ0) is 12.3. The number of methoxy groups -OCH3 is 1. The lowest BCUT2D eigenvalue weighted by Gasteiger charge is -2.18. The number of carbonyl (C=O) groups excluding carboxylic acids is 1. The maximum absolute atomic E-state index is 11.5. The molecule has 1 aliphatic heterocycles. The highest BCUT2D eigenvalue weighted by Crippen LogP contribution is 2.26. The third-order valence-corrected chi connectivity index (χ3v) is 2.68. The molecule has 0 saturated carbocycles. The van der Waals surface area contributed by atoms with E-state index in [9.17, 15) is 9.90 Å². The van der Waals surface area contributed by atoms with Crippen LogP contribution in [0.2, 0.25) is 0 Å². The molecule has 0 amide bonds. The smallest absolute Gasteiger partial charge is 0.336 e. The van der Waals surface area contributed by atoms with Crippen LogP contribution in [0.5, 0.6) is 5.75 Å². The van der Waals surface area contributed by atoms with Crippen molar-refractivity contribution in [2.24, 2.45) is 0 Å². The SMILES string of the molecule is COc1ccc(C(O)C2=CCCOC2=O)cc1. The van der Waals surface area contributed by atoms with E-state index in [1.165, 1.54) is 0 Å². The van der Waals surface area contributed by atoms with Crippen LogP contribution in [0.4, 0.5) is 0 Å². The van der Waals surface area contributed by atoms with Crippen molar-refractivity contribution >= 4 is 5.97 Å². The molecule has 2 rings (SSSR count). The van der Waals surface area contributed by atoms with Gasteiger partial charge in [-0.2, -0.15) is 0 Å². The Kier molecular flexibility index (Phi) is 3.44. The molecule has 0 bridgehead atoms. The number of hydrogen-bond donors (Lipinski definition) is 1. The summed E-state index contributed by atoms with van der Waals surface area (Å²) in [4.78, 5) is 11.5. The number of aliphatic hydroxyl groups excluding tert-OH is 1. The van der Waals surface area contributed by atoms with Gasteiger partial charge in [-0.3, -0.25) is 0 Å². The van der Waals surface area contributed by atoms with Gasteiger partial charge in [0.1, 0.15) is 11.9 Å². The van der Waals surface area contributed by atoms with Gasteiger partial charge in [0.25, 0.3) is 0 Å². The second kappa shape index (κ2) is 5.01. The lowest BCUT2D eigenvalue weighted by atomic mass is 9.99. The van der Waals surface area contributed by atoms with Gasteiger partial charge in [-0.25, -0.2) is 4.79 Å². The zero-order valence-electron chi connectivity index (χ0n) is 9.55. The summed E-state index contributed by atoms with van der Waals surface area (Å²) in [6, 6.07) is 6.94. The average Bonchev–Trinajstić information content (AvgIpc) is 2.39. The van der Waals surface area contributed by atoms with E-state index in [1.807, 2.05) is 0 Å². The Bertz CT molecular complexity index is 433. The van der Waals surface area contributed by atoms with Gasteiger partial charge in [-0.05, 0) is 17.7 Å². The van der Waals surface area contributed by atoms with Crippen molar-refractivity contribution in [2.45, 2.75) is 12.5 Å². The van der Waals surface area contributed by atoms with E-state index >= 15 is 0 Å². The highest BCUT2D eigenvalue weighted by atomic mass is 16.5. The van der Waals surface area contributed by atoms with Crippen LogP contribution in [0.3, 0.4) is 0 Å². The Morgan fingerprint density at radius 3 is 2.65 bits per heavy atom. The molecule has 17 heavy (non-hydrogen) atoms. The first kappa shape index (κ1) is 11.7. The Labute approximate surface area is 99.5 Å². The first-order chi connectivity index (χ1) is 8.22. The van der Waals surface area contributed by atoms with Crippen molar-refractivity contribution in [3.05, 3.63) is 41.5 Å². The summed E-state index contributed by atoms with van der Waals surface area (Å²) in [6.45, 7) is 0.387. The first-order valence-corrected chi connectivity index (χ1v) is 5.41. The van der Waals surface area contributed by atoms with Crippen LogP contribution in [0.1, 0.15) is 18.1 Å². The van der Waals surface area contributed by atoms with Crippen LogP contribution >= 0.6 is 0 Å². The highest BCUT2D eigenvalue weighted by molar-refractivity contribution is 5.90. The molecule has 1 heterocycles. The topological polar surface area (TPSA) is 55.8 Å². The van der Waals surface area contributed by atoms with Gasteiger partial charge in [-0.15, -0.1) is 0 Å². The van der Waals surface area contributed by atoms with Crippen molar-refractivity contribution < 1.29 is 19.4 Å². The summed E-state index contributed by atoms with van der Waals surface area (Å²) in [6.07, 6.45) is 1.43. The van der Waals surface area contributed by atoms with Crippen molar-refractivity contribution in [3.63, 3.8) is 0 Å². The molecule has 0 fully saturated rings. The van der Waals surface area contributed by atoms with E-state index in [4.69, 9.17) is 9.47 Å². The van der Waals surface area contributed by atoms with E-state index < -0.39 is 12.1 Å². The van der Waals surface area contributed by atoms with Gasteiger partial charge in [0.2, 0.25) is 0 Å². The molecule has 1 unspecified atom stereocenters. The minimum atomic E-state index is -0.936. The molecule has 1 aromatic rings. The van der Waals surface area contributed by atoms with Crippen LogP contribution < -0.4 is 4.74 Å². The molecule has 1 aliphatic rings. The molecular weight excluding hydrogens is 220 g/mol. The molecule has 4 nitrogen and oxygen atoms in total. The minimum absolute atomic E-state index is 0.307. The maximum atomic E-state index is 11.5. The molecule has 0 saturated heterocycles. The number of hydrogen-bond acceptors (Lipinski definition) is 4.